The van der Waals surface area contributed by atoms with Crippen molar-refractivity contribution < 1.29 is 13.6 Å². The van der Waals surface area contributed by atoms with E-state index in [0.717, 1.165) is 11.1 Å². The van der Waals surface area contributed by atoms with Crippen LogP contribution in [0.2, 0.25) is 0 Å². The lowest BCUT2D eigenvalue weighted by molar-refractivity contribution is -0.115. The molecular weight excluding hydrogens is 450 g/mol. The number of carbonyl (C=O) groups is 1. The third-order valence-corrected chi connectivity index (χ3v) is 6.65. The fourth-order valence-electron chi connectivity index (χ4n) is 2.85. The number of hydrogen-bond acceptors (Lipinski definition) is 6. The molecule has 0 aliphatic carbocycles. The van der Waals surface area contributed by atoms with Gasteiger partial charge in [-0.2, -0.15) is 0 Å². The first-order valence-corrected chi connectivity index (χ1v) is 11.4. The SMILES string of the molecule is O=C(Nc1ccc(F)cc1)C(Sc1nnc(NCc2ccc(F)cc2)s1)c1ccccc1. The van der Waals surface area contributed by atoms with Crippen molar-refractivity contribution >= 4 is 39.8 Å². The molecule has 0 radical (unpaired) electrons. The first-order valence-electron chi connectivity index (χ1n) is 9.67. The van der Waals surface area contributed by atoms with Crippen molar-refractivity contribution in [2.75, 3.05) is 10.6 Å². The first-order chi connectivity index (χ1) is 15.6. The molecule has 0 aliphatic rings. The number of carbonyl (C=O) groups excluding carboxylic acids is 1. The molecule has 3 aromatic carbocycles. The topological polar surface area (TPSA) is 66.9 Å². The summed E-state index contributed by atoms with van der Waals surface area (Å²) >= 11 is 2.62. The zero-order valence-electron chi connectivity index (χ0n) is 16.7. The van der Waals surface area contributed by atoms with E-state index in [1.54, 1.807) is 12.1 Å². The van der Waals surface area contributed by atoms with Gasteiger partial charge in [0.15, 0.2) is 4.34 Å². The number of nitrogens with zero attached hydrogens (tertiary/aromatic N) is 2. The van der Waals surface area contributed by atoms with Crippen LogP contribution in [0.15, 0.2) is 83.2 Å². The minimum Gasteiger partial charge on any atom is -0.356 e. The maximum Gasteiger partial charge on any atom is 0.242 e. The van der Waals surface area contributed by atoms with Gasteiger partial charge in [-0.25, -0.2) is 8.78 Å². The smallest absolute Gasteiger partial charge is 0.242 e. The Morgan fingerprint density at radius 2 is 1.56 bits per heavy atom. The van der Waals surface area contributed by atoms with Gasteiger partial charge < -0.3 is 10.6 Å². The van der Waals surface area contributed by atoms with Gasteiger partial charge in [-0.05, 0) is 47.5 Å². The van der Waals surface area contributed by atoms with Crippen molar-refractivity contribution in [1.29, 1.82) is 0 Å². The molecule has 1 amide bonds. The molecule has 5 nitrogen and oxygen atoms in total. The molecule has 0 saturated heterocycles. The summed E-state index contributed by atoms with van der Waals surface area (Å²) in [6, 6.07) is 21.2. The first kappa shape index (κ1) is 21.9. The Balaban J connectivity index is 1.45. The van der Waals surface area contributed by atoms with Crippen LogP contribution in [-0.4, -0.2) is 16.1 Å². The summed E-state index contributed by atoms with van der Waals surface area (Å²) in [5, 5.41) is 14.3. The van der Waals surface area contributed by atoms with Gasteiger partial charge in [-0.1, -0.05) is 65.6 Å². The molecule has 0 fully saturated rings. The van der Waals surface area contributed by atoms with Gasteiger partial charge in [0.05, 0.1) is 0 Å². The molecule has 1 aromatic heterocycles. The van der Waals surface area contributed by atoms with Crippen molar-refractivity contribution in [1.82, 2.24) is 10.2 Å². The number of halogens is 2. The summed E-state index contributed by atoms with van der Waals surface area (Å²) in [7, 11) is 0. The number of anilines is 2. The number of benzene rings is 3. The van der Waals surface area contributed by atoms with E-state index in [1.807, 2.05) is 30.3 Å². The number of rotatable bonds is 8. The summed E-state index contributed by atoms with van der Waals surface area (Å²) in [5.74, 6) is -0.899. The van der Waals surface area contributed by atoms with Crippen LogP contribution in [0.1, 0.15) is 16.4 Å². The van der Waals surface area contributed by atoms with E-state index >= 15 is 0 Å². The van der Waals surface area contributed by atoms with Crippen molar-refractivity contribution in [3.05, 3.63) is 102 Å². The predicted molar refractivity (Wildman–Crippen MR) is 124 cm³/mol. The van der Waals surface area contributed by atoms with Crippen LogP contribution < -0.4 is 10.6 Å². The molecule has 4 aromatic rings. The number of aromatic nitrogens is 2. The summed E-state index contributed by atoms with van der Waals surface area (Å²) in [4.78, 5) is 13.0. The lowest BCUT2D eigenvalue weighted by atomic mass is 10.1. The number of thioether (sulfide) groups is 1. The molecule has 9 heteroatoms. The van der Waals surface area contributed by atoms with Crippen LogP contribution in [0.25, 0.3) is 0 Å². The molecule has 0 spiro atoms. The Morgan fingerprint density at radius 3 is 2.25 bits per heavy atom. The maximum absolute atomic E-state index is 13.2. The number of nitrogens with one attached hydrogen (secondary N) is 2. The highest BCUT2D eigenvalue weighted by atomic mass is 32.2. The van der Waals surface area contributed by atoms with Gasteiger partial charge in [0.2, 0.25) is 11.0 Å². The van der Waals surface area contributed by atoms with E-state index in [2.05, 4.69) is 20.8 Å². The molecule has 0 saturated carbocycles. The zero-order chi connectivity index (χ0) is 22.3. The molecule has 162 valence electrons. The monoisotopic (exact) mass is 468 g/mol. The summed E-state index contributed by atoms with van der Waals surface area (Å²) in [6.07, 6.45) is 0. The predicted octanol–water partition coefficient (Wildman–Crippen LogP) is 5.90. The van der Waals surface area contributed by atoms with Crippen LogP contribution in [0, 0.1) is 11.6 Å². The second-order valence-corrected chi connectivity index (χ2v) is 9.09. The summed E-state index contributed by atoms with van der Waals surface area (Å²) < 4.78 is 26.8. The summed E-state index contributed by atoms with van der Waals surface area (Å²) in [6.45, 7) is 0.479. The van der Waals surface area contributed by atoms with Gasteiger partial charge in [-0.3, -0.25) is 4.79 Å². The quantitative estimate of drug-likeness (QED) is 0.315. The van der Waals surface area contributed by atoms with E-state index in [9.17, 15) is 13.6 Å². The number of amides is 1. The van der Waals surface area contributed by atoms with E-state index in [0.29, 0.717) is 21.7 Å². The fraction of sp³-hybridized carbons (Fsp3) is 0.0870. The average molecular weight is 469 g/mol. The van der Waals surface area contributed by atoms with Crippen molar-refractivity contribution in [2.24, 2.45) is 0 Å². The zero-order valence-corrected chi connectivity index (χ0v) is 18.3. The fourth-order valence-corrected chi connectivity index (χ4v) is 4.79. The average Bonchev–Trinajstić information content (AvgIpc) is 3.27. The molecule has 0 aliphatic heterocycles. The standard InChI is InChI=1S/C23H18F2N4OS2/c24-17-8-6-15(7-9-17)14-26-22-28-29-23(32-22)31-20(16-4-2-1-3-5-16)21(30)27-19-12-10-18(25)11-13-19/h1-13,20H,14H2,(H,26,28)(H,27,30). The molecule has 1 atom stereocenters. The van der Waals surface area contributed by atoms with E-state index in [-0.39, 0.29) is 17.5 Å². The van der Waals surface area contributed by atoms with Crippen LogP contribution in [0.4, 0.5) is 19.6 Å². The molecule has 1 heterocycles. The lowest BCUT2D eigenvalue weighted by Crippen LogP contribution is -2.19. The molecule has 4 rings (SSSR count). The van der Waals surface area contributed by atoms with Crippen molar-refractivity contribution in [3.63, 3.8) is 0 Å². The number of hydrogen-bond donors (Lipinski definition) is 2. The Morgan fingerprint density at radius 1 is 0.906 bits per heavy atom. The second kappa shape index (κ2) is 10.3. The minimum atomic E-state index is -0.570. The largest absolute Gasteiger partial charge is 0.356 e. The van der Waals surface area contributed by atoms with Gasteiger partial charge in [0.1, 0.15) is 16.9 Å². The van der Waals surface area contributed by atoms with E-state index < -0.39 is 5.25 Å². The van der Waals surface area contributed by atoms with Gasteiger partial charge >= 0.3 is 0 Å². The molecule has 1 unspecified atom stereocenters. The van der Waals surface area contributed by atoms with Gasteiger partial charge in [0.25, 0.3) is 0 Å². The van der Waals surface area contributed by atoms with Gasteiger partial charge in [-0.15, -0.1) is 10.2 Å². The normalized spacial score (nSPS) is 11.7. The third kappa shape index (κ3) is 5.89. The van der Waals surface area contributed by atoms with Crippen LogP contribution in [0.5, 0.6) is 0 Å². The third-order valence-electron chi connectivity index (χ3n) is 4.43. The molecule has 2 N–H and O–H groups in total. The Kier molecular flexibility index (Phi) is 7.08. The Bertz CT molecular complexity index is 1170. The van der Waals surface area contributed by atoms with Crippen molar-refractivity contribution in [2.45, 2.75) is 16.1 Å². The van der Waals surface area contributed by atoms with Crippen molar-refractivity contribution in [3.8, 4) is 0 Å². The minimum absolute atomic E-state index is 0.246. The maximum atomic E-state index is 13.2. The Labute approximate surface area is 191 Å². The highest BCUT2D eigenvalue weighted by Crippen LogP contribution is 2.38. The molecular formula is C23H18F2N4OS2. The van der Waals surface area contributed by atoms with Crippen LogP contribution in [0.3, 0.4) is 0 Å². The Hall–Kier alpha value is -3.30. The van der Waals surface area contributed by atoms with E-state index in [1.165, 1.54) is 59.5 Å². The van der Waals surface area contributed by atoms with E-state index in [4.69, 9.17) is 0 Å². The molecule has 0 bridgehead atoms. The second-order valence-electron chi connectivity index (χ2n) is 6.76. The summed E-state index contributed by atoms with van der Waals surface area (Å²) in [5.41, 5.74) is 2.24. The molecule has 32 heavy (non-hydrogen) atoms. The van der Waals surface area contributed by atoms with Crippen LogP contribution >= 0.6 is 23.1 Å². The highest BCUT2D eigenvalue weighted by molar-refractivity contribution is 8.02. The van der Waals surface area contributed by atoms with Crippen LogP contribution in [-0.2, 0) is 11.3 Å². The van der Waals surface area contributed by atoms with Gasteiger partial charge in [0, 0.05) is 12.2 Å². The highest BCUT2D eigenvalue weighted by Gasteiger charge is 2.24. The lowest BCUT2D eigenvalue weighted by Gasteiger charge is -2.15.